The van der Waals surface area contributed by atoms with Crippen LogP contribution in [0.15, 0.2) is 72.8 Å². The van der Waals surface area contributed by atoms with E-state index in [1.54, 1.807) is 17.0 Å². The summed E-state index contributed by atoms with van der Waals surface area (Å²) in [4.78, 5) is 27.7. The van der Waals surface area contributed by atoms with E-state index >= 15 is 0 Å². The molecule has 0 radical (unpaired) electrons. The van der Waals surface area contributed by atoms with Gasteiger partial charge < -0.3 is 4.90 Å². The van der Waals surface area contributed by atoms with Crippen molar-refractivity contribution in [2.75, 3.05) is 11.4 Å². The van der Waals surface area contributed by atoms with Crippen LogP contribution in [-0.4, -0.2) is 18.2 Å². The monoisotopic (exact) mass is 327 g/mol. The minimum atomic E-state index is -0.0879. The number of hydrogen-bond donors (Lipinski definition) is 0. The fourth-order valence-electron chi connectivity index (χ4n) is 3.45. The lowest BCUT2D eigenvalue weighted by atomic mass is 9.98. The molecule has 3 aromatic rings. The first kappa shape index (κ1) is 15.3. The number of para-hydroxylation sites is 1. The predicted octanol–water partition coefficient (Wildman–Crippen LogP) is 4.56. The lowest BCUT2D eigenvalue weighted by Gasteiger charge is -2.22. The molecule has 1 aliphatic rings. The molecule has 0 bridgehead atoms. The van der Waals surface area contributed by atoms with Gasteiger partial charge in [0, 0.05) is 34.5 Å². The summed E-state index contributed by atoms with van der Waals surface area (Å²) in [6, 6.07) is 22.5. The molecule has 0 fully saturated rings. The van der Waals surface area contributed by atoms with Crippen LogP contribution in [0.3, 0.4) is 0 Å². The molecule has 0 unspecified atom stereocenters. The Morgan fingerprint density at radius 2 is 1.44 bits per heavy atom. The number of ketones is 1. The van der Waals surface area contributed by atoms with Crippen LogP contribution in [0.5, 0.6) is 0 Å². The SMILES string of the molecule is CCN(C(=O)c1cccc2c1-c1ccccc1C2=O)c1ccccc1. The number of hydrogen-bond acceptors (Lipinski definition) is 2. The summed E-state index contributed by atoms with van der Waals surface area (Å²) >= 11 is 0. The normalized spacial score (nSPS) is 11.8. The van der Waals surface area contributed by atoms with Crippen molar-refractivity contribution >= 4 is 17.4 Å². The van der Waals surface area contributed by atoms with Crippen LogP contribution in [0.1, 0.15) is 33.2 Å². The minimum Gasteiger partial charge on any atom is -0.309 e. The van der Waals surface area contributed by atoms with E-state index in [1.165, 1.54) is 0 Å². The van der Waals surface area contributed by atoms with Crippen LogP contribution in [0.2, 0.25) is 0 Å². The zero-order valence-electron chi connectivity index (χ0n) is 13.9. The molecular weight excluding hydrogens is 310 g/mol. The zero-order valence-corrected chi connectivity index (χ0v) is 13.9. The average Bonchev–Trinajstić information content (AvgIpc) is 2.96. The van der Waals surface area contributed by atoms with Crippen LogP contribution in [-0.2, 0) is 0 Å². The van der Waals surface area contributed by atoms with Crippen molar-refractivity contribution in [3.05, 3.63) is 89.5 Å². The standard InChI is InChI=1S/C22H17NO2/c1-2-23(15-9-4-3-5-10-15)22(25)19-14-8-13-18-20(19)16-11-6-7-12-17(16)21(18)24/h3-14H,2H2,1H3. The van der Waals surface area contributed by atoms with Crippen molar-refractivity contribution in [2.45, 2.75) is 6.92 Å². The van der Waals surface area contributed by atoms with Crippen LogP contribution >= 0.6 is 0 Å². The van der Waals surface area contributed by atoms with Crippen LogP contribution in [0, 0.1) is 0 Å². The molecule has 0 saturated heterocycles. The van der Waals surface area contributed by atoms with E-state index in [2.05, 4.69) is 0 Å². The van der Waals surface area contributed by atoms with Gasteiger partial charge in [0.05, 0.1) is 0 Å². The van der Waals surface area contributed by atoms with Gasteiger partial charge in [-0.1, -0.05) is 54.6 Å². The first-order chi connectivity index (χ1) is 12.2. The third-order valence-corrected chi connectivity index (χ3v) is 4.61. The molecule has 25 heavy (non-hydrogen) atoms. The van der Waals surface area contributed by atoms with Gasteiger partial charge in [-0.05, 0) is 30.7 Å². The Kier molecular flexibility index (Phi) is 3.69. The van der Waals surface area contributed by atoms with Gasteiger partial charge in [-0.15, -0.1) is 0 Å². The van der Waals surface area contributed by atoms with E-state index in [9.17, 15) is 9.59 Å². The van der Waals surface area contributed by atoms with Gasteiger partial charge in [0.1, 0.15) is 0 Å². The highest BCUT2D eigenvalue weighted by atomic mass is 16.2. The second-order valence-corrected chi connectivity index (χ2v) is 5.99. The number of carbonyl (C=O) groups excluding carboxylic acids is 2. The molecule has 122 valence electrons. The van der Waals surface area contributed by atoms with Crippen molar-refractivity contribution in [3.63, 3.8) is 0 Å². The molecule has 3 aromatic carbocycles. The Morgan fingerprint density at radius 3 is 2.16 bits per heavy atom. The van der Waals surface area contributed by atoms with Crippen molar-refractivity contribution < 1.29 is 9.59 Å². The highest BCUT2D eigenvalue weighted by Crippen LogP contribution is 2.39. The number of carbonyl (C=O) groups is 2. The summed E-state index contributed by atoms with van der Waals surface area (Å²) in [6.45, 7) is 2.51. The van der Waals surface area contributed by atoms with E-state index < -0.39 is 0 Å². The summed E-state index contributed by atoms with van der Waals surface area (Å²) in [5, 5.41) is 0. The molecule has 0 aliphatic heterocycles. The Labute approximate surface area is 146 Å². The van der Waals surface area contributed by atoms with Gasteiger partial charge in [0.15, 0.2) is 5.78 Å². The molecule has 0 spiro atoms. The fourth-order valence-corrected chi connectivity index (χ4v) is 3.45. The van der Waals surface area contributed by atoms with E-state index in [1.807, 2.05) is 67.6 Å². The molecular formula is C22H17NO2. The number of anilines is 1. The summed E-state index contributed by atoms with van der Waals surface area (Å²) < 4.78 is 0. The van der Waals surface area contributed by atoms with Gasteiger partial charge in [0.2, 0.25) is 0 Å². The molecule has 0 aromatic heterocycles. The second-order valence-electron chi connectivity index (χ2n) is 5.99. The lowest BCUT2D eigenvalue weighted by molar-refractivity contribution is 0.0988. The van der Waals surface area contributed by atoms with Crippen molar-refractivity contribution in [1.82, 2.24) is 0 Å². The van der Waals surface area contributed by atoms with E-state index in [4.69, 9.17) is 0 Å². The molecule has 3 nitrogen and oxygen atoms in total. The summed E-state index contributed by atoms with van der Waals surface area (Å²) in [6.07, 6.45) is 0. The van der Waals surface area contributed by atoms with Crippen LogP contribution in [0.25, 0.3) is 11.1 Å². The predicted molar refractivity (Wildman–Crippen MR) is 99.1 cm³/mol. The largest absolute Gasteiger partial charge is 0.309 e. The van der Waals surface area contributed by atoms with Gasteiger partial charge in [-0.25, -0.2) is 0 Å². The maximum Gasteiger partial charge on any atom is 0.258 e. The van der Waals surface area contributed by atoms with Crippen molar-refractivity contribution in [1.29, 1.82) is 0 Å². The van der Waals surface area contributed by atoms with Crippen LogP contribution in [0.4, 0.5) is 5.69 Å². The first-order valence-corrected chi connectivity index (χ1v) is 8.36. The Hall–Kier alpha value is -3.20. The van der Waals surface area contributed by atoms with Crippen LogP contribution < -0.4 is 4.90 Å². The smallest absolute Gasteiger partial charge is 0.258 e. The molecule has 1 aliphatic carbocycles. The molecule has 0 heterocycles. The van der Waals surface area contributed by atoms with Gasteiger partial charge in [-0.2, -0.15) is 0 Å². The quantitative estimate of drug-likeness (QED) is 0.553. The lowest BCUT2D eigenvalue weighted by Crippen LogP contribution is -2.31. The Bertz CT molecular complexity index is 976. The summed E-state index contributed by atoms with van der Waals surface area (Å²) in [5.74, 6) is -0.0990. The number of nitrogens with zero attached hydrogens (tertiary/aromatic N) is 1. The average molecular weight is 327 g/mol. The maximum atomic E-state index is 13.3. The first-order valence-electron chi connectivity index (χ1n) is 8.36. The number of amides is 1. The third-order valence-electron chi connectivity index (χ3n) is 4.61. The number of fused-ring (bicyclic) bond motifs is 3. The van der Waals surface area contributed by atoms with E-state index in [-0.39, 0.29) is 11.7 Å². The van der Waals surface area contributed by atoms with Gasteiger partial charge >= 0.3 is 0 Å². The number of benzene rings is 3. The second kappa shape index (κ2) is 6.02. The summed E-state index contributed by atoms with van der Waals surface area (Å²) in [5.41, 5.74) is 4.29. The summed E-state index contributed by atoms with van der Waals surface area (Å²) in [7, 11) is 0. The maximum absolute atomic E-state index is 13.3. The third kappa shape index (κ3) is 2.36. The molecule has 4 rings (SSSR count). The Morgan fingerprint density at radius 1 is 0.800 bits per heavy atom. The minimum absolute atomic E-state index is 0.0111. The fraction of sp³-hybridized carbons (Fsp3) is 0.0909. The van der Waals surface area contributed by atoms with Gasteiger partial charge in [0.25, 0.3) is 5.91 Å². The zero-order chi connectivity index (χ0) is 17.4. The molecule has 0 N–H and O–H groups in total. The van der Waals surface area contributed by atoms with Crippen molar-refractivity contribution in [3.8, 4) is 11.1 Å². The van der Waals surface area contributed by atoms with E-state index in [0.29, 0.717) is 23.2 Å². The highest BCUT2D eigenvalue weighted by Gasteiger charge is 2.31. The van der Waals surface area contributed by atoms with Crippen molar-refractivity contribution in [2.24, 2.45) is 0 Å². The topological polar surface area (TPSA) is 37.4 Å². The number of rotatable bonds is 3. The van der Waals surface area contributed by atoms with E-state index in [0.717, 1.165) is 16.8 Å². The van der Waals surface area contributed by atoms with Gasteiger partial charge in [-0.3, -0.25) is 9.59 Å². The molecule has 0 saturated carbocycles. The highest BCUT2D eigenvalue weighted by molar-refractivity contribution is 6.25. The molecule has 0 atom stereocenters. The molecule has 3 heteroatoms. The Balaban J connectivity index is 1.87. The molecule has 1 amide bonds.